The Bertz CT molecular complexity index is 1040. The Balaban J connectivity index is 1.47. The van der Waals surface area contributed by atoms with Crippen molar-refractivity contribution >= 4 is 11.6 Å². The van der Waals surface area contributed by atoms with Gasteiger partial charge in [0.1, 0.15) is 17.6 Å². The van der Waals surface area contributed by atoms with E-state index in [1.165, 1.54) is 18.0 Å². The Morgan fingerprint density at radius 2 is 2.13 bits per heavy atom. The van der Waals surface area contributed by atoms with Crippen LogP contribution in [0.25, 0.3) is 11.3 Å². The number of benzene rings is 1. The molecule has 1 saturated heterocycles. The second-order valence-electron chi connectivity index (χ2n) is 7.11. The topological polar surface area (TPSA) is 112 Å². The predicted molar refractivity (Wildman–Crippen MR) is 111 cm³/mol. The number of aromatic nitrogens is 4. The molecule has 3 heterocycles. The number of H-pyrrole nitrogens is 1. The predicted octanol–water partition coefficient (Wildman–Crippen LogP) is 2.71. The zero-order valence-corrected chi connectivity index (χ0v) is 16.9. The zero-order chi connectivity index (χ0) is 20.9. The normalized spacial score (nSPS) is 16.4. The highest BCUT2D eigenvalue weighted by molar-refractivity contribution is 5.71. The number of nitrogens with one attached hydrogen (secondary N) is 2. The van der Waals surface area contributed by atoms with Gasteiger partial charge in [-0.05, 0) is 24.1 Å². The van der Waals surface area contributed by atoms with Gasteiger partial charge in [-0.15, -0.1) is 0 Å². The molecule has 3 aromatic rings. The van der Waals surface area contributed by atoms with E-state index in [-0.39, 0.29) is 5.69 Å². The molecule has 0 saturated carbocycles. The van der Waals surface area contributed by atoms with E-state index in [9.17, 15) is 0 Å². The van der Waals surface area contributed by atoms with Crippen molar-refractivity contribution in [2.45, 2.75) is 19.1 Å². The molecule has 154 valence electrons. The van der Waals surface area contributed by atoms with E-state index in [4.69, 9.17) is 14.7 Å². The molecule has 0 radical (unpaired) electrons. The molecule has 1 unspecified atom stereocenters. The van der Waals surface area contributed by atoms with Gasteiger partial charge in [0.25, 0.3) is 0 Å². The van der Waals surface area contributed by atoms with Gasteiger partial charge in [0.2, 0.25) is 0 Å². The SMILES string of the molecule is COc1cc(CN2CCC(OC)C2)ccc1-c1cc(Nc2cnc(C#N)cn2)n[nH]1. The Hall–Kier alpha value is -3.48. The van der Waals surface area contributed by atoms with Crippen LogP contribution in [0.5, 0.6) is 5.75 Å². The molecule has 9 nitrogen and oxygen atoms in total. The molecule has 0 aliphatic carbocycles. The summed E-state index contributed by atoms with van der Waals surface area (Å²) in [6.07, 6.45) is 4.30. The van der Waals surface area contributed by atoms with Crippen LogP contribution in [-0.4, -0.2) is 58.5 Å². The number of hydrogen-bond acceptors (Lipinski definition) is 8. The lowest BCUT2D eigenvalue weighted by Gasteiger charge is -2.17. The molecular weight excluding hydrogens is 382 g/mol. The zero-order valence-electron chi connectivity index (χ0n) is 16.9. The van der Waals surface area contributed by atoms with Crippen molar-refractivity contribution in [2.24, 2.45) is 0 Å². The number of nitrogens with zero attached hydrogens (tertiary/aromatic N) is 5. The first-order valence-electron chi connectivity index (χ1n) is 9.65. The summed E-state index contributed by atoms with van der Waals surface area (Å²) in [4.78, 5) is 10.5. The molecule has 1 aliphatic heterocycles. The van der Waals surface area contributed by atoms with Crippen LogP contribution in [0.1, 0.15) is 17.7 Å². The van der Waals surface area contributed by atoms with E-state index in [1.54, 1.807) is 14.2 Å². The maximum absolute atomic E-state index is 8.81. The molecule has 1 atom stereocenters. The number of hydrogen-bond donors (Lipinski definition) is 2. The standard InChI is InChI=1S/C21H23N7O2/c1-29-16-5-6-28(13-16)12-14-3-4-17(19(7-14)30-2)18-8-20(27-26-18)25-21-11-23-15(9-22)10-24-21/h3-4,7-8,10-11,16H,5-6,12-13H2,1-2H3,(H2,24,25,26,27). The fraction of sp³-hybridized carbons (Fsp3) is 0.333. The summed E-state index contributed by atoms with van der Waals surface area (Å²) < 4.78 is 11.1. The van der Waals surface area contributed by atoms with Crippen molar-refractivity contribution in [3.8, 4) is 23.1 Å². The molecule has 2 N–H and O–H groups in total. The van der Waals surface area contributed by atoms with Crippen LogP contribution in [0, 0.1) is 11.3 Å². The van der Waals surface area contributed by atoms with Crippen LogP contribution in [0.15, 0.2) is 36.7 Å². The summed E-state index contributed by atoms with van der Waals surface area (Å²) in [5, 5.41) is 19.2. The summed E-state index contributed by atoms with van der Waals surface area (Å²) in [6, 6.07) is 10.0. The van der Waals surface area contributed by atoms with E-state index < -0.39 is 0 Å². The minimum Gasteiger partial charge on any atom is -0.496 e. The highest BCUT2D eigenvalue weighted by atomic mass is 16.5. The molecule has 0 amide bonds. The Kier molecular flexibility index (Phi) is 5.88. The highest BCUT2D eigenvalue weighted by Gasteiger charge is 2.22. The summed E-state index contributed by atoms with van der Waals surface area (Å²) in [5.41, 5.74) is 3.20. The fourth-order valence-electron chi connectivity index (χ4n) is 3.55. The van der Waals surface area contributed by atoms with Gasteiger partial charge >= 0.3 is 0 Å². The quantitative estimate of drug-likeness (QED) is 0.617. The number of ether oxygens (including phenoxy) is 2. The van der Waals surface area contributed by atoms with Crippen LogP contribution >= 0.6 is 0 Å². The third-order valence-corrected chi connectivity index (χ3v) is 5.13. The van der Waals surface area contributed by atoms with Gasteiger partial charge in [-0.2, -0.15) is 10.4 Å². The number of aromatic amines is 1. The molecule has 0 spiro atoms. The molecule has 4 rings (SSSR count). The smallest absolute Gasteiger partial charge is 0.158 e. The number of likely N-dealkylation sites (tertiary alicyclic amines) is 1. The lowest BCUT2D eigenvalue weighted by Crippen LogP contribution is -2.22. The third kappa shape index (κ3) is 4.40. The van der Waals surface area contributed by atoms with E-state index >= 15 is 0 Å². The molecule has 1 aromatic carbocycles. The first-order valence-corrected chi connectivity index (χ1v) is 9.65. The van der Waals surface area contributed by atoms with E-state index in [1.807, 2.05) is 18.2 Å². The summed E-state index contributed by atoms with van der Waals surface area (Å²) in [5.74, 6) is 1.88. The van der Waals surface area contributed by atoms with Gasteiger partial charge < -0.3 is 14.8 Å². The molecule has 9 heteroatoms. The van der Waals surface area contributed by atoms with Crippen molar-refractivity contribution in [2.75, 3.05) is 32.6 Å². The summed E-state index contributed by atoms with van der Waals surface area (Å²) in [7, 11) is 3.44. The van der Waals surface area contributed by atoms with Crippen molar-refractivity contribution in [3.63, 3.8) is 0 Å². The number of nitriles is 1. The van der Waals surface area contributed by atoms with E-state index in [2.05, 4.69) is 42.5 Å². The van der Waals surface area contributed by atoms with Crippen molar-refractivity contribution in [1.29, 1.82) is 5.26 Å². The maximum Gasteiger partial charge on any atom is 0.158 e. The maximum atomic E-state index is 8.81. The van der Waals surface area contributed by atoms with E-state index in [0.717, 1.165) is 43.1 Å². The number of rotatable bonds is 7. The molecule has 1 fully saturated rings. The van der Waals surface area contributed by atoms with Crippen LogP contribution in [-0.2, 0) is 11.3 Å². The van der Waals surface area contributed by atoms with Gasteiger partial charge in [0, 0.05) is 38.4 Å². The van der Waals surface area contributed by atoms with Crippen LogP contribution in [0.4, 0.5) is 11.6 Å². The summed E-state index contributed by atoms with van der Waals surface area (Å²) in [6.45, 7) is 2.86. The van der Waals surface area contributed by atoms with Crippen molar-refractivity contribution in [3.05, 3.63) is 47.9 Å². The molecule has 1 aliphatic rings. The highest BCUT2D eigenvalue weighted by Crippen LogP contribution is 2.32. The van der Waals surface area contributed by atoms with Gasteiger partial charge in [-0.1, -0.05) is 6.07 Å². The second-order valence-corrected chi connectivity index (χ2v) is 7.11. The largest absolute Gasteiger partial charge is 0.496 e. The second kappa shape index (κ2) is 8.90. The minimum atomic E-state index is 0.264. The Morgan fingerprint density at radius 1 is 1.23 bits per heavy atom. The molecule has 30 heavy (non-hydrogen) atoms. The Labute approximate surface area is 174 Å². The van der Waals surface area contributed by atoms with Gasteiger partial charge in [-0.25, -0.2) is 9.97 Å². The first-order chi connectivity index (χ1) is 14.7. The summed E-state index contributed by atoms with van der Waals surface area (Å²) >= 11 is 0. The fourth-order valence-corrected chi connectivity index (χ4v) is 3.55. The van der Waals surface area contributed by atoms with Crippen molar-refractivity contribution in [1.82, 2.24) is 25.1 Å². The van der Waals surface area contributed by atoms with E-state index in [0.29, 0.717) is 17.7 Å². The Morgan fingerprint density at radius 3 is 2.83 bits per heavy atom. The lowest BCUT2D eigenvalue weighted by atomic mass is 10.1. The van der Waals surface area contributed by atoms with Gasteiger partial charge in [-0.3, -0.25) is 10.00 Å². The molecule has 0 bridgehead atoms. The lowest BCUT2D eigenvalue weighted by molar-refractivity contribution is 0.107. The minimum absolute atomic E-state index is 0.264. The number of anilines is 2. The average molecular weight is 405 g/mol. The monoisotopic (exact) mass is 405 g/mol. The van der Waals surface area contributed by atoms with Crippen LogP contribution in [0.2, 0.25) is 0 Å². The average Bonchev–Trinajstić information content (AvgIpc) is 3.43. The van der Waals surface area contributed by atoms with Crippen LogP contribution in [0.3, 0.4) is 0 Å². The molecule has 2 aromatic heterocycles. The van der Waals surface area contributed by atoms with Gasteiger partial charge in [0.15, 0.2) is 11.5 Å². The third-order valence-electron chi connectivity index (χ3n) is 5.13. The molecular formula is C21H23N7O2. The van der Waals surface area contributed by atoms with Gasteiger partial charge in [0.05, 0.1) is 31.3 Å². The first kappa shape index (κ1) is 19.8. The van der Waals surface area contributed by atoms with Crippen LogP contribution < -0.4 is 10.1 Å². The van der Waals surface area contributed by atoms with Crippen molar-refractivity contribution < 1.29 is 9.47 Å². The number of methoxy groups -OCH3 is 2.